The third kappa shape index (κ3) is 12.8. The number of nitrogens with one attached hydrogen (secondary N) is 1. The molecule has 0 aromatic rings. The highest BCUT2D eigenvalue weighted by Crippen LogP contribution is 2.04. The Morgan fingerprint density at radius 3 is 2.12 bits per heavy atom. The molecule has 0 saturated carbocycles. The second-order valence-corrected chi connectivity index (χ2v) is 4.15. The molecule has 0 aromatic heterocycles. The average molecular weight is 244 g/mol. The molecule has 0 saturated heterocycles. The number of hydrogen-bond donors (Lipinski definition) is 3. The maximum absolute atomic E-state index is 11.1. The Hall–Kier alpha value is -1.10. The van der Waals surface area contributed by atoms with Crippen molar-refractivity contribution in [3.05, 3.63) is 0 Å². The van der Waals surface area contributed by atoms with Gasteiger partial charge in [0.15, 0.2) is 0 Å². The fourth-order valence-electron chi connectivity index (χ4n) is 1.51. The summed E-state index contributed by atoms with van der Waals surface area (Å²) in [5, 5.41) is 11.1. The first kappa shape index (κ1) is 15.9. The van der Waals surface area contributed by atoms with Crippen LogP contribution < -0.4 is 11.1 Å². The third-order valence-electron chi connectivity index (χ3n) is 2.52. The largest absolute Gasteiger partial charge is 0.481 e. The van der Waals surface area contributed by atoms with E-state index in [-0.39, 0.29) is 18.7 Å². The number of amides is 1. The van der Waals surface area contributed by atoms with Gasteiger partial charge in [-0.05, 0) is 19.4 Å². The van der Waals surface area contributed by atoms with Crippen molar-refractivity contribution in [1.82, 2.24) is 5.32 Å². The van der Waals surface area contributed by atoms with Gasteiger partial charge in [-0.2, -0.15) is 0 Å². The fourth-order valence-corrected chi connectivity index (χ4v) is 1.51. The summed E-state index contributed by atoms with van der Waals surface area (Å²) in [6.07, 6.45) is 6.69. The van der Waals surface area contributed by atoms with Crippen LogP contribution in [0.25, 0.3) is 0 Å². The first-order chi connectivity index (χ1) is 8.16. The summed E-state index contributed by atoms with van der Waals surface area (Å²) in [6.45, 7) is 1.41. The van der Waals surface area contributed by atoms with Crippen LogP contribution in [-0.2, 0) is 9.59 Å². The van der Waals surface area contributed by atoms with Crippen molar-refractivity contribution in [1.29, 1.82) is 0 Å². The van der Waals surface area contributed by atoms with E-state index in [0.717, 1.165) is 25.8 Å². The molecular weight excluding hydrogens is 220 g/mol. The Morgan fingerprint density at radius 2 is 1.53 bits per heavy atom. The number of unbranched alkanes of at least 4 members (excludes halogenated alkanes) is 5. The minimum Gasteiger partial charge on any atom is -0.481 e. The van der Waals surface area contributed by atoms with Gasteiger partial charge in [-0.1, -0.05) is 25.7 Å². The van der Waals surface area contributed by atoms with Crippen LogP contribution in [0.15, 0.2) is 0 Å². The molecule has 4 N–H and O–H groups in total. The van der Waals surface area contributed by atoms with Crippen molar-refractivity contribution in [3.8, 4) is 0 Å². The second kappa shape index (κ2) is 11.4. The van der Waals surface area contributed by atoms with Gasteiger partial charge in [0, 0.05) is 13.0 Å². The van der Waals surface area contributed by atoms with Crippen LogP contribution in [-0.4, -0.2) is 30.1 Å². The van der Waals surface area contributed by atoms with Gasteiger partial charge in [0.05, 0.1) is 6.42 Å². The van der Waals surface area contributed by atoms with E-state index in [1.54, 1.807) is 0 Å². The van der Waals surface area contributed by atoms with Crippen LogP contribution in [0.3, 0.4) is 0 Å². The van der Waals surface area contributed by atoms with Gasteiger partial charge in [0.1, 0.15) is 0 Å². The molecule has 5 nitrogen and oxygen atoms in total. The monoisotopic (exact) mass is 244 g/mol. The summed E-state index contributed by atoms with van der Waals surface area (Å²) >= 11 is 0. The van der Waals surface area contributed by atoms with E-state index in [9.17, 15) is 9.59 Å². The Morgan fingerprint density at radius 1 is 0.941 bits per heavy atom. The van der Waals surface area contributed by atoms with Crippen LogP contribution in [0.1, 0.15) is 51.4 Å². The molecule has 0 aliphatic rings. The number of carbonyl (C=O) groups is 2. The number of nitrogens with two attached hydrogens (primary N) is 1. The van der Waals surface area contributed by atoms with Crippen molar-refractivity contribution in [2.75, 3.05) is 13.1 Å². The molecule has 100 valence electrons. The highest BCUT2D eigenvalue weighted by atomic mass is 16.4. The molecule has 0 rings (SSSR count). The summed E-state index contributed by atoms with van der Waals surface area (Å²) in [6, 6.07) is 0. The minimum absolute atomic E-state index is 0.0752. The molecule has 0 atom stereocenters. The van der Waals surface area contributed by atoms with Gasteiger partial charge < -0.3 is 16.2 Å². The molecule has 1 amide bonds. The molecule has 0 aliphatic heterocycles. The number of carboxylic acids is 1. The maximum atomic E-state index is 11.1. The average Bonchev–Trinajstić information content (AvgIpc) is 2.30. The van der Waals surface area contributed by atoms with Gasteiger partial charge in [0.25, 0.3) is 0 Å². The number of rotatable bonds is 11. The normalized spacial score (nSPS) is 10.2. The predicted octanol–water partition coefficient (Wildman–Crippen LogP) is 1.27. The molecule has 0 spiro atoms. The number of carbonyl (C=O) groups excluding carboxylic acids is 1. The van der Waals surface area contributed by atoms with Gasteiger partial charge in [-0.3, -0.25) is 9.59 Å². The lowest BCUT2D eigenvalue weighted by Crippen LogP contribution is -2.24. The summed E-state index contributed by atoms with van der Waals surface area (Å²) in [7, 11) is 0. The van der Waals surface area contributed by atoms with E-state index < -0.39 is 5.97 Å². The SMILES string of the molecule is NCCCCCCCCNC(=O)CCC(=O)O. The fraction of sp³-hybridized carbons (Fsp3) is 0.833. The van der Waals surface area contributed by atoms with E-state index in [1.807, 2.05) is 0 Å². The lowest BCUT2D eigenvalue weighted by Gasteiger charge is -2.04. The summed E-state index contributed by atoms with van der Waals surface area (Å²) < 4.78 is 0. The zero-order chi connectivity index (χ0) is 12.9. The van der Waals surface area contributed by atoms with Crippen molar-refractivity contribution in [2.45, 2.75) is 51.4 Å². The Balaban J connectivity index is 3.16. The molecular formula is C12H24N2O3. The van der Waals surface area contributed by atoms with Gasteiger partial charge in [0.2, 0.25) is 5.91 Å². The lowest BCUT2D eigenvalue weighted by atomic mass is 10.1. The lowest BCUT2D eigenvalue weighted by molar-refractivity contribution is -0.138. The van der Waals surface area contributed by atoms with E-state index in [4.69, 9.17) is 10.8 Å². The van der Waals surface area contributed by atoms with E-state index in [1.165, 1.54) is 19.3 Å². The number of aliphatic carboxylic acids is 1. The quantitative estimate of drug-likeness (QED) is 0.477. The van der Waals surface area contributed by atoms with Crippen molar-refractivity contribution in [2.24, 2.45) is 5.73 Å². The van der Waals surface area contributed by atoms with Crippen molar-refractivity contribution in [3.63, 3.8) is 0 Å². The topological polar surface area (TPSA) is 92.4 Å². The van der Waals surface area contributed by atoms with Gasteiger partial charge in [-0.25, -0.2) is 0 Å². The zero-order valence-corrected chi connectivity index (χ0v) is 10.4. The molecule has 0 bridgehead atoms. The minimum atomic E-state index is -0.931. The van der Waals surface area contributed by atoms with Crippen molar-refractivity contribution >= 4 is 11.9 Å². The van der Waals surface area contributed by atoms with Crippen LogP contribution in [0.2, 0.25) is 0 Å². The molecule has 17 heavy (non-hydrogen) atoms. The highest BCUT2D eigenvalue weighted by Gasteiger charge is 2.03. The molecule has 0 aliphatic carbocycles. The molecule has 0 heterocycles. The van der Waals surface area contributed by atoms with Crippen LogP contribution in [0.4, 0.5) is 0 Å². The third-order valence-corrected chi connectivity index (χ3v) is 2.52. The molecule has 0 radical (unpaired) electrons. The van der Waals surface area contributed by atoms with E-state index in [2.05, 4.69) is 5.32 Å². The zero-order valence-electron chi connectivity index (χ0n) is 10.4. The smallest absolute Gasteiger partial charge is 0.303 e. The molecule has 5 heteroatoms. The number of carboxylic acid groups (broad SMARTS) is 1. The first-order valence-electron chi connectivity index (χ1n) is 6.35. The van der Waals surface area contributed by atoms with Crippen LogP contribution >= 0.6 is 0 Å². The summed E-state index contributed by atoms with van der Waals surface area (Å²) in [5.41, 5.74) is 5.38. The van der Waals surface area contributed by atoms with Crippen LogP contribution in [0, 0.1) is 0 Å². The maximum Gasteiger partial charge on any atom is 0.303 e. The summed E-state index contributed by atoms with van der Waals surface area (Å²) in [5.74, 6) is -1.10. The van der Waals surface area contributed by atoms with E-state index >= 15 is 0 Å². The molecule has 0 aromatic carbocycles. The molecule has 0 fully saturated rings. The van der Waals surface area contributed by atoms with E-state index in [0.29, 0.717) is 6.54 Å². The predicted molar refractivity (Wildman–Crippen MR) is 66.6 cm³/mol. The Kier molecular flexibility index (Phi) is 10.7. The standard InChI is InChI=1S/C12H24N2O3/c13-9-5-3-1-2-4-6-10-14-11(15)7-8-12(16)17/h1-10,13H2,(H,14,15)(H,16,17). The highest BCUT2D eigenvalue weighted by molar-refractivity contribution is 5.80. The summed E-state index contributed by atoms with van der Waals surface area (Å²) in [4.78, 5) is 21.3. The van der Waals surface area contributed by atoms with Gasteiger partial charge >= 0.3 is 5.97 Å². The Bertz CT molecular complexity index is 220. The van der Waals surface area contributed by atoms with Crippen molar-refractivity contribution < 1.29 is 14.7 Å². The Labute approximate surface area is 103 Å². The number of hydrogen-bond acceptors (Lipinski definition) is 3. The molecule has 0 unspecified atom stereocenters. The van der Waals surface area contributed by atoms with Crippen LogP contribution in [0.5, 0.6) is 0 Å². The first-order valence-corrected chi connectivity index (χ1v) is 6.35. The van der Waals surface area contributed by atoms with Gasteiger partial charge in [-0.15, -0.1) is 0 Å². The second-order valence-electron chi connectivity index (χ2n) is 4.15.